The summed E-state index contributed by atoms with van der Waals surface area (Å²) >= 11 is 5.02. The largest absolute Gasteiger partial charge is 0.481 e. The molecule has 19 heavy (non-hydrogen) atoms. The van der Waals surface area contributed by atoms with Gasteiger partial charge in [-0.1, -0.05) is 0 Å². The molecule has 2 atom stereocenters. The first-order valence-corrected chi connectivity index (χ1v) is 7.65. The Morgan fingerprint density at radius 1 is 1.74 bits per heavy atom. The molecule has 1 fully saturated rings. The van der Waals surface area contributed by atoms with Crippen LogP contribution in [0.4, 0.5) is 0 Å². The number of hydrogen-bond acceptors (Lipinski definition) is 4. The van der Waals surface area contributed by atoms with Gasteiger partial charge in [0.2, 0.25) is 5.91 Å². The molecule has 1 aromatic heterocycles. The van der Waals surface area contributed by atoms with E-state index in [1.807, 2.05) is 23.3 Å². The molecule has 1 amide bonds. The van der Waals surface area contributed by atoms with E-state index in [4.69, 9.17) is 5.11 Å². The van der Waals surface area contributed by atoms with Crippen molar-refractivity contribution in [2.24, 2.45) is 0 Å². The van der Waals surface area contributed by atoms with Gasteiger partial charge in [-0.2, -0.15) is 0 Å². The number of hydrogen-bond donors (Lipinski definition) is 2. The first-order chi connectivity index (χ1) is 8.99. The number of carbonyl (C=O) groups is 2. The van der Waals surface area contributed by atoms with E-state index in [9.17, 15) is 9.59 Å². The van der Waals surface area contributed by atoms with Crippen LogP contribution in [-0.4, -0.2) is 41.0 Å². The van der Waals surface area contributed by atoms with Gasteiger partial charge < -0.3 is 10.4 Å². The number of thiophene rings is 1. The number of aliphatic carboxylic acids is 1. The zero-order valence-corrected chi connectivity index (χ0v) is 12.8. The standard InChI is InChI=1S/C12H15BrN2O3S/c1-7(10-4-8(13)6-19-10)15-3-2-14-12(18)9(15)5-11(16)17/h4,6-7,9H,2-3,5H2,1H3,(H,14,18)(H,16,17). The number of carboxylic acid groups (broad SMARTS) is 1. The average Bonchev–Trinajstić information content (AvgIpc) is 2.77. The Balaban J connectivity index is 2.19. The number of piperazine rings is 1. The molecule has 1 aromatic rings. The highest BCUT2D eigenvalue weighted by atomic mass is 79.9. The minimum atomic E-state index is -0.952. The van der Waals surface area contributed by atoms with Gasteiger partial charge in [0.1, 0.15) is 6.04 Å². The van der Waals surface area contributed by atoms with Crippen LogP contribution in [0.25, 0.3) is 0 Å². The van der Waals surface area contributed by atoms with Gasteiger partial charge in [0, 0.05) is 33.9 Å². The number of amides is 1. The number of carbonyl (C=O) groups excluding carboxylic acids is 1. The van der Waals surface area contributed by atoms with Crippen LogP contribution >= 0.6 is 27.3 Å². The van der Waals surface area contributed by atoms with E-state index >= 15 is 0 Å². The van der Waals surface area contributed by atoms with Crippen LogP contribution in [0, 0.1) is 0 Å². The second-order valence-corrected chi connectivity index (χ2v) is 6.34. The third kappa shape index (κ3) is 3.34. The lowest BCUT2D eigenvalue weighted by Crippen LogP contribution is -2.56. The fourth-order valence-electron chi connectivity index (χ4n) is 2.28. The topological polar surface area (TPSA) is 69.6 Å². The van der Waals surface area contributed by atoms with Crippen molar-refractivity contribution < 1.29 is 14.7 Å². The average molecular weight is 347 g/mol. The molecule has 0 radical (unpaired) electrons. The van der Waals surface area contributed by atoms with E-state index in [-0.39, 0.29) is 18.4 Å². The molecule has 1 saturated heterocycles. The lowest BCUT2D eigenvalue weighted by molar-refractivity contribution is -0.143. The van der Waals surface area contributed by atoms with E-state index in [0.29, 0.717) is 13.1 Å². The van der Waals surface area contributed by atoms with Crippen LogP contribution in [-0.2, 0) is 9.59 Å². The Morgan fingerprint density at radius 3 is 3.05 bits per heavy atom. The number of halogens is 1. The Labute approximate surface area is 123 Å². The molecule has 2 heterocycles. The number of carboxylic acids is 1. The molecule has 1 aliphatic rings. The second kappa shape index (κ2) is 6.02. The summed E-state index contributed by atoms with van der Waals surface area (Å²) in [4.78, 5) is 25.9. The lowest BCUT2D eigenvalue weighted by Gasteiger charge is -2.38. The van der Waals surface area contributed by atoms with Crippen molar-refractivity contribution in [2.75, 3.05) is 13.1 Å². The summed E-state index contributed by atoms with van der Waals surface area (Å²) in [5, 5.41) is 13.7. The van der Waals surface area contributed by atoms with Crippen LogP contribution < -0.4 is 5.32 Å². The van der Waals surface area contributed by atoms with Crippen molar-refractivity contribution in [3.05, 3.63) is 20.8 Å². The van der Waals surface area contributed by atoms with Gasteiger partial charge >= 0.3 is 5.97 Å². The van der Waals surface area contributed by atoms with Crippen molar-refractivity contribution in [3.8, 4) is 0 Å². The van der Waals surface area contributed by atoms with Crippen molar-refractivity contribution in [1.82, 2.24) is 10.2 Å². The lowest BCUT2D eigenvalue weighted by atomic mass is 10.1. The van der Waals surface area contributed by atoms with Gasteiger partial charge in [-0.05, 0) is 28.9 Å². The number of nitrogens with zero attached hydrogens (tertiary/aromatic N) is 1. The van der Waals surface area contributed by atoms with E-state index in [0.717, 1.165) is 9.35 Å². The first kappa shape index (κ1) is 14.5. The number of rotatable bonds is 4. The second-order valence-electron chi connectivity index (χ2n) is 4.49. The maximum Gasteiger partial charge on any atom is 0.305 e. The van der Waals surface area contributed by atoms with Crippen LogP contribution in [0.2, 0.25) is 0 Å². The molecular formula is C12H15BrN2O3S. The first-order valence-electron chi connectivity index (χ1n) is 5.98. The third-order valence-electron chi connectivity index (χ3n) is 3.24. The molecule has 5 nitrogen and oxygen atoms in total. The molecule has 2 unspecified atom stereocenters. The highest BCUT2D eigenvalue weighted by Crippen LogP contribution is 2.31. The fraction of sp³-hybridized carbons (Fsp3) is 0.500. The molecular weight excluding hydrogens is 332 g/mol. The molecule has 104 valence electrons. The normalized spacial score (nSPS) is 22.0. The van der Waals surface area contributed by atoms with Gasteiger partial charge in [0.25, 0.3) is 0 Å². The minimum Gasteiger partial charge on any atom is -0.481 e. The quantitative estimate of drug-likeness (QED) is 0.872. The molecule has 1 aliphatic heterocycles. The maximum atomic E-state index is 11.9. The predicted octanol–water partition coefficient (Wildman–Crippen LogP) is 1.85. The summed E-state index contributed by atoms with van der Waals surface area (Å²) in [7, 11) is 0. The molecule has 2 rings (SSSR count). The highest BCUT2D eigenvalue weighted by molar-refractivity contribution is 9.10. The van der Waals surface area contributed by atoms with Gasteiger partial charge in [-0.25, -0.2) is 0 Å². The monoisotopic (exact) mass is 346 g/mol. The molecule has 0 aromatic carbocycles. The molecule has 0 spiro atoms. The van der Waals surface area contributed by atoms with E-state index in [2.05, 4.69) is 21.2 Å². The van der Waals surface area contributed by atoms with Crippen molar-refractivity contribution in [3.63, 3.8) is 0 Å². The van der Waals surface area contributed by atoms with Crippen molar-refractivity contribution >= 4 is 39.1 Å². The summed E-state index contributed by atoms with van der Waals surface area (Å²) in [6.07, 6.45) is -0.164. The Kier molecular flexibility index (Phi) is 4.59. The molecule has 0 aliphatic carbocycles. The number of nitrogens with one attached hydrogen (secondary N) is 1. The van der Waals surface area contributed by atoms with Gasteiger partial charge in [0.05, 0.1) is 6.42 Å². The van der Waals surface area contributed by atoms with E-state index in [1.54, 1.807) is 11.3 Å². The molecule has 7 heteroatoms. The maximum absolute atomic E-state index is 11.9. The summed E-state index contributed by atoms with van der Waals surface area (Å²) < 4.78 is 1.01. The Bertz CT molecular complexity index is 491. The smallest absolute Gasteiger partial charge is 0.305 e. The summed E-state index contributed by atoms with van der Waals surface area (Å²) in [5.41, 5.74) is 0. The fourth-order valence-corrected chi connectivity index (χ4v) is 3.80. The SMILES string of the molecule is CC(c1cc(Br)cs1)N1CCNC(=O)C1CC(=O)O. The predicted molar refractivity (Wildman–Crippen MR) is 76.2 cm³/mol. The van der Waals surface area contributed by atoms with Crippen LogP contribution in [0.5, 0.6) is 0 Å². The summed E-state index contributed by atoms with van der Waals surface area (Å²) in [6, 6.07) is 1.45. The van der Waals surface area contributed by atoms with Crippen LogP contribution in [0.3, 0.4) is 0 Å². The van der Waals surface area contributed by atoms with Crippen LogP contribution in [0.1, 0.15) is 24.3 Å². The molecule has 0 saturated carbocycles. The highest BCUT2D eigenvalue weighted by Gasteiger charge is 2.35. The zero-order chi connectivity index (χ0) is 14.0. The Hall–Kier alpha value is -0.920. The van der Waals surface area contributed by atoms with Crippen molar-refractivity contribution in [2.45, 2.75) is 25.4 Å². The minimum absolute atomic E-state index is 0.0340. The van der Waals surface area contributed by atoms with E-state index < -0.39 is 12.0 Å². The molecule has 0 bridgehead atoms. The van der Waals surface area contributed by atoms with Gasteiger partial charge in [-0.3, -0.25) is 14.5 Å². The summed E-state index contributed by atoms with van der Waals surface area (Å²) in [5.74, 6) is -1.15. The zero-order valence-electron chi connectivity index (χ0n) is 10.4. The van der Waals surface area contributed by atoms with E-state index in [1.165, 1.54) is 0 Å². The third-order valence-corrected chi connectivity index (χ3v) is 5.10. The Morgan fingerprint density at radius 2 is 2.47 bits per heavy atom. The van der Waals surface area contributed by atoms with Crippen LogP contribution in [0.15, 0.2) is 15.9 Å². The molecule has 2 N–H and O–H groups in total. The summed E-state index contributed by atoms with van der Waals surface area (Å²) in [6.45, 7) is 3.23. The van der Waals surface area contributed by atoms with Gasteiger partial charge in [0.15, 0.2) is 0 Å². The van der Waals surface area contributed by atoms with Crippen molar-refractivity contribution in [1.29, 1.82) is 0 Å². The van der Waals surface area contributed by atoms with Gasteiger partial charge in [-0.15, -0.1) is 11.3 Å².